The van der Waals surface area contributed by atoms with Crippen molar-refractivity contribution in [3.8, 4) is 0 Å². The minimum Gasteiger partial charge on any atom is -0.361 e. The molecule has 0 saturated carbocycles. The van der Waals surface area contributed by atoms with Crippen molar-refractivity contribution in [1.29, 1.82) is 0 Å². The number of rotatable bonds is 5. The summed E-state index contributed by atoms with van der Waals surface area (Å²) in [5, 5.41) is 6.98. The fraction of sp³-hybridized carbons (Fsp3) is 0.238. The van der Waals surface area contributed by atoms with E-state index in [-0.39, 0.29) is 11.8 Å². The molecule has 1 aromatic heterocycles. The average Bonchev–Trinajstić information content (AvgIpc) is 3.05. The van der Waals surface area contributed by atoms with Crippen LogP contribution in [0.25, 0.3) is 10.9 Å². The topological polar surface area (TPSA) is 74.0 Å². The number of carbonyl (C=O) groups is 2. The fourth-order valence-corrected chi connectivity index (χ4v) is 3.45. The first-order valence-corrected chi connectivity index (χ1v) is 8.92. The van der Waals surface area contributed by atoms with E-state index in [1.165, 1.54) is 11.1 Å². The lowest BCUT2D eigenvalue weighted by Crippen LogP contribution is -2.27. The number of fused-ring (bicyclic) bond motifs is 2. The van der Waals surface area contributed by atoms with Gasteiger partial charge in [0.15, 0.2) is 0 Å². The molecule has 2 aromatic carbocycles. The Balaban J connectivity index is 1.32. The van der Waals surface area contributed by atoms with Crippen molar-refractivity contribution >= 4 is 28.4 Å². The second kappa shape index (κ2) is 7.04. The Bertz CT molecular complexity index is 974. The Hall–Kier alpha value is -3.08. The molecule has 0 atom stereocenters. The molecular formula is C21H21N3O2. The number of H-pyrrole nitrogens is 1. The van der Waals surface area contributed by atoms with Crippen molar-refractivity contribution in [1.82, 2.24) is 10.3 Å². The fourth-order valence-electron chi connectivity index (χ4n) is 3.45. The number of para-hydroxylation sites is 1. The summed E-state index contributed by atoms with van der Waals surface area (Å²) >= 11 is 0. The number of hydrogen-bond donors (Lipinski definition) is 3. The first-order valence-electron chi connectivity index (χ1n) is 8.92. The van der Waals surface area contributed by atoms with E-state index in [4.69, 9.17) is 0 Å². The molecule has 0 radical (unpaired) electrons. The van der Waals surface area contributed by atoms with Crippen molar-refractivity contribution in [3.63, 3.8) is 0 Å². The summed E-state index contributed by atoms with van der Waals surface area (Å²) in [6.45, 7) is 0.604. The molecule has 0 saturated heterocycles. The second-order valence-electron chi connectivity index (χ2n) is 6.68. The molecule has 3 aromatic rings. The summed E-state index contributed by atoms with van der Waals surface area (Å²) in [7, 11) is 0. The molecule has 0 fully saturated rings. The number of anilines is 1. The zero-order chi connectivity index (χ0) is 17.9. The molecule has 5 nitrogen and oxygen atoms in total. The van der Waals surface area contributed by atoms with Gasteiger partial charge in [-0.2, -0.15) is 0 Å². The smallest absolute Gasteiger partial charge is 0.224 e. The lowest BCUT2D eigenvalue weighted by atomic mass is 9.99. The molecular weight excluding hydrogens is 326 g/mol. The highest BCUT2D eigenvalue weighted by molar-refractivity contribution is 5.94. The van der Waals surface area contributed by atoms with Gasteiger partial charge in [-0.3, -0.25) is 9.59 Å². The molecule has 3 N–H and O–H groups in total. The molecule has 1 aliphatic heterocycles. The Labute approximate surface area is 151 Å². The van der Waals surface area contributed by atoms with Crippen LogP contribution in [0.5, 0.6) is 0 Å². The van der Waals surface area contributed by atoms with E-state index in [9.17, 15) is 9.59 Å². The van der Waals surface area contributed by atoms with Gasteiger partial charge >= 0.3 is 0 Å². The van der Waals surface area contributed by atoms with E-state index in [0.29, 0.717) is 19.4 Å². The van der Waals surface area contributed by atoms with Crippen molar-refractivity contribution < 1.29 is 9.59 Å². The van der Waals surface area contributed by atoms with E-state index in [1.807, 2.05) is 42.6 Å². The highest BCUT2D eigenvalue weighted by atomic mass is 16.2. The number of nitrogens with one attached hydrogen (secondary N) is 3. The van der Waals surface area contributed by atoms with Crippen LogP contribution in [0.15, 0.2) is 48.7 Å². The van der Waals surface area contributed by atoms with Gasteiger partial charge in [-0.05, 0) is 41.7 Å². The molecule has 4 rings (SSSR count). The zero-order valence-electron chi connectivity index (χ0n) is 14.5. The Morgan fingerprint density at radius 2 is 2.00 bits per heavy atom. The van der Waals surface area contributed by atoms with E-state index >= 15 is 0 Å². The number of hydrogen-bond acceptors (Lipinski definition) is 2. The predicted octanol–water partition coefficient (Wildman–Crippen LogP) is 2.95. The Morgan fingerprint density at radius 3 is 2.92 bits per heavy atom. The quantitative estimate of drug-likeness (QED) is 0.664. The van der Waals surface area contributed by atoms with E-state index < -0.39 is 0 Å². The third-order valence-corrected chi connectivity index (χ3v) is 4.83. The van der Waals surface area contributed by atoms with Gasteiger partial charge in [-0.1, -0.05) is 30.3 Å². The largest absolute Gasteiger partial charge is 0.361 e. The molecule has 2 amide bonds. The van der Waals surface area contributed by atoms with Crippen LogP contribution in [-0.4, -0.2) is 23.3 Å². The number of amides is 2. The van der Waals surface area contributed by atoms with Crippen molar-refractivity contribution in [2.75, 3.05) is 11.9 Å². The maximum Gasteiger partial charge on any atom is 0.224 e. The summed E-state index contributed by atoms with van der Waals surface area (Å²) in [4.78, 5) is 26.8. The first kappa shape index (κ1) is 16.4. The molecule has 0 spiro atoms. The molecule has 132 valence electrons. The summed E-state index contributed by atoms with van der Waals surface area (Å²) in [5.74, 6) is 0.106. The lowest BCUT2D eigenvalue weighted by molar-refractivity contribution is -0.120. The minimum absolute atomic E-state index is 0.0278. The van der Waals surface area contributed by atoms with E-state index in [2.05, 4.69) is 21.7 Å². The maximum atomic E-state index is 12.2. The van der Waals surface area contributed by atoms with Gasteiger partial charge in [0.05, 0.1) is 6.42 Å². The first-order chi connectivity index (χ1) is 12.7. The summed E-state index contributed by atoms with van der Waals surface area (Å²) in [6, 6.07) is 14.1. The number of aryl methyl sites for hydroxylation is 1. The zero-order valence-corrected chi connectivity index (χ0v) is 14.5. The standard InChI is InChI=1S/C21H21N3O2/c25-20-8-6-15-11-14(5-7-18(15)24-20)9-10-22-21(26)12-16-13-23-19-4-2-1-3-17(16)19/h1-5,7,11,13,23H,6,8-10,12H2,(H,22,26)(H,24,25). The highest BCUT2D eigenvalue weighted by Crippen LogP contribution is 2.23. The van der Waals surface area contributed by atoms with E-state index in [0.717, 1.165) is 35.0 Å². The molecule has 2 heterocycles. The molecule has 1 aliphatic rings. The van der Waals surface area contributed by atoms with Gasteiger partial charge in [-0.25, -0.2) is 0 Å². The van der Waals surface area contributed by atoms with Crippen molar-refractivity contribution in [3.05, 3.63) is 65.4 Å². The predicted molar refractivity (Wildman–Crippen MR) is 102 cm³/mol. The highest BCUT2D eigenvalue weighted by Gasteiger charge is 2.14. The minimum atomic E-state index is 0.0278. The van der Waals surface area contributed by atoms with Gasteiger partial charge in [-0.15, -0.1) is 0 Å². The van der Waals surface area contributed by atoms with Crippen molar-refractivity contribution in [2.45, 2.75) is 25.7 Å². The third-order valence-electron chi connectivity index (χ3n) is 4.83. The van der Waals surface area contributed by atoms with Gasteiger partial charge in [0.1, 0.15) is 0 Å². The van der Waals surface area contributed by atoms with Crippen LogP contribution in [0.1, 0.15) is 23.1 Å². The van der Waals surface area contributed by atoms with Gasteiger partial charge in [0, 0.05) is 35.8 Å². The second-order valence-corrected chi connectivity index (χ2v) is 6.68. The van der Waals surface area contributed by atoms with E-state index in [1.54, 1.807) is 0 Å². The lowest BCUT2D eigenvalue weighted by Gasteiger charge is -2.17. The van der Waals surface area contributed by atoms with Crippen molar-refractivity contribution in [2.24, 2.45) is 0 Å². The summed E-state index contributed by atoms with van der Waals surface area (Å²) < 4.78 is 0. The average molecular weight is 347 g/mol. The SMILES string of the molecule is O=C(Cc1c[nH]c2ccccc12)NCCc1ccc2c(c1)CCC(=O)N2. The number of aromatic nitrogens is 1. The Morgan fingerprint density at radius 1 is 1.12 bits per heavy atom. The van der Waals surface area contributed by atoms with Crippen LogP contribution in [0, 0.1) is 0 Å². The number of carbonyl (C=O) groups excluding carboxylic acids is 2. The van der Waals surface area contributed by atoms with Crippen LogP contribution < -0.4 is 10.6 Å². The normalized spacial score (nSPS) is 13.3. The number of aromatic amines is 1. The van der Waals surface area contributed by atoms with Crippen LogP contribution in [-0.2, 0) is 28.9 Å². The monoisotopic (exact) mass is 347 g/mol. The van der Waals surface area contributed by atoms with Gasteiger partial charge < -0.3 is 15.6 Å². The van der Waals surface area contributed by atoms with Crippen LogP contribution in [0.2, 0.25) is 0 Å². The molecule has 5 heteroatoms. The van der Waals surface area contributed by atoms with Gasteiger partial charge in [0.2, 0.25) is 11.8 Å². The third kappa shape index (κ3) is 3.47. The van der Waals surface area contributed by atoms with Crippen LogP contribution in [0.3, 0.4) is 0 Å². The summed E-state index contributed by atoms with van der Waals surface area (Å²) in [5.41, 5.74) is 5.33. The van der Waals surface area contributed by atoms with Gasteiger partial charge in [0.25, 0.3) is 0 Å². The number of benzene rings is 2. The Kier molecular flexibility index (Phi) is 4.44. The maximum absolute atomic E-state index is 12.2. The molecule has 26 heavy (non-hydrogen) atoms. The molecule has 0 bridgehead atoms. The summed E-state index contributed by atoms with van der Waals surface area (Å²) in [6.07, 6.45) is 4.38. The molecule has 0 aliphatic carbocycles. The van der Waals surface area contributed by atoms with Crippen LogP contribution >= 0.6 is 0 Å². The molecule has 0 unspecified atom stereocenters. The van der Waals surface area contributed by atoms with Crippen LogP contribution in [0.4, 0.5) is 5.69 Å².